The number of hydrogen-bond acceptors (Lipinski definition) is 8. The molecule has 1 amide bonds. The lowest BCUT2D eigenvalue weighted by atomic mass is 9.97. The Morgan fingerprint density at radius 2 is 1.41 bits per heavy atom. The number of rotatable bonds is 8. The molecule has 0 atom stereocenters. The molecule has 2 aliphatic heterocycles. The van der Waals surface area contributed by atoms with E-state index < -0.39 is 26.0 Å². The Morgan fingerprint density at radius 3 is 2.00 bits per heavy atom. The van der Waals surface area contributed by atoms with Crippen LogP contribution in [0.4, 0.5) is 5.69 Å². The third-order valence-electron chi connectivity index (χ3n) is 6.56. The number of ether oxygens (including phenoxy) is 3. The number of carbonyl (C=O) groups is 1. The second-order valence-electron chi connectivity index (χ2n) is 8.72. The number of nitrogens with zero attached hydrogens (tertiary/aromatic N) is 2. The van der Waals surface area contributed by atoms with E-state index in [9.17, 15) is 21.6 Å². The molecule has 2 aliphatic rings. The van der Waals surface area contributed by atoms with Crippen LogP contribution in [0.15, 0.2) is 52.3 Å². The first-order valence-corrected chi connectivity index (χ1v) is 14.8. The molecule has 2 aromatic rings. The zero-order valence-electron chi connectivity index (χ0n) is 20.8. The predicted octanol–water partition coefficient (Wildman–Crippen LogP) is 1.76. The largest absolute Gasteiger partial charge is 0.497 e. The first-order valence-electron chi connectivity index (χ1n) is 11.9. The maximum Gasteiger partial charge on any atom is 0.243 e. The minimum Gasteiger partial charge on any atom is -0.497 e. The molecular weight excluding hydrogens is 522 g/mol. The maximum atomic E-state index is 13.1. The highest BCUT2D eigenvalue weighted by Crippen LogP contribution is 2.31. The van der Waals surface area contributed by atoms with Gasteiger partial charge in [0.25, 0.3) is 0 Å². The monoisotopic (exact) mass is 553 g/mol. The molecule has 2 aromatic carbocycles. The van der Waals surface area contributed by atoms with Crippen molar-refractivity contribution in [2.75, 3.05) is 58.9 Å². The topological polar surface area (TPSA) is 132 Å². The van der Waals surface area contributed by atoms with Crippen molar-refractivity contribution >= 4 is 31.6 Å². The number of methoxy groups -OCH3 is 2. The number of anilines is 1. The summed E-state index contributed by atoms with van der Waals surface area (Å²) >= 11 is 0. The van der Waals surface area contributed by atoms with Crippen LogP contribution in [-0.4, -0.2) is 85.0 Å². The molecular formula is C24H31N3O8S2. The van der Waals surface area contributed by atoms with E-state index in [0.29, 0.717) is 37.6 Å². The van der Waals surface area contributed by atoms with Crippen molar-refractivity contribution in [2.45, 2.75) is 22.6 Å². The van der Waals surface area contributed by atoms with E-state index in [-0.39, 0.29) is 47.6 Å². The van der Waals surface area contributed by atoms with Gasteiger partial charge in [0.2, 0.25) is 26.0 Å². The molecule has 0 unspecified atom stereocenters. The molecule has 2 fully saturated rings. The summed E-state index contributed by atoms with van der Waals surface area (Å²) in [5, 5.41) is 2.79. The van der Waals surface area contributed by atoms with E-state index in [4.69, 9.17) is 14.2 Å². The summed E-state index contributed by atoms with van der Waals surface area (Å²) in [5.41, 5.74) is 0.245. The van der Waals surface area contributed by atoms with Crippen molar-refractivity contribution < 1.29 is 35.8 Å². The molecule has 0 spiro atoms. The van der Waals surface area contributed by atoms with Gasteiger partial charge in [-0.15, -0.1) is 0 Å². The van der Waals surface area contributed by atoms with E-state index in [0.717, 1.165) is 0 Å². The summed E-state index contributed by atoms with van der Waals surface area (Å²) in [5.74, 6) is 0.132. The average Bonchev–Trinajstić information content (AvgIpc) is 2.93. The number of morpholine rings is 1. The fourth-order valence-electron chi connectivity index (χ4n) is 4.37. The van der Waals surface area contributed by atoms with E-state index in [1.165, 1.54) is 53.2 Å². The lowest BCUT2D eigenvalue weighted by molar-refractivity contribution is -0.120. The van der Waals surface area contributed by atoms with Gasteiger partial charge in [-0.25, -0.2) is 16.8 Å². The molecule has 4 rings (SSSR count). The van der Waals surface area contributed by atoms with Gasteiger partial charge in [-0.05, 0) is 55.3 Å². The standard InChI is InChI=1S/C24H31N3O8S2/c1-33-19-3-5-20(6-4-19)36(29,30)26-11-9-18(10-12-26)24(28)25-22-17-21(7-8-23(22)34-2)37(31,32)27-13-15-35-16-14-27/h3-8,17-18H,9-16H2,1-2H3,(H,25,28). The van der Waals surface area contributed by atoms with Gasteiger partial charge in [0.15, 0.2) is 0 Å². The highest BCUT2D eigenvalue weighted by Gasteiger charge is 2.33. The summed E-state index contributed by atoms with van der Waals surface area (Å²) in [6.07, 6.45) is 0.657. The normalized spacial score (nSPS) is 18.3. The van der Waals surface area contributed by atoms with Crippen LogP contribution in [-0.2, 0) is 29.6 Å². The number of piperidine rings is 1. The van der Waals surface area contributed by atoms with Gasteiger partial charge in [0.1, 0.15) is 11.5 Å². The van der Waals surface area contributed by atoms with Crippen molar-refractivity contribution in [1.29, 1.82) is 0 Å². The molecule has 0 bridgehead atoms. The van der Waals surface area contributed by atoms with Crippen LogP contribution in [0.25, 0.3) is 0 Å². The lowest BCUT2D eigenvalue weighted by Crippen LogP contribution is -2.41. The minimum absolute atomic E-state index is 0.0471. The lowest BCUT2D eigenvalue weighted by Gasteiger charge is -2.30. The smallest absolute Gasteiger partial charge is 0.243 e. The molecule has 13 heteroatoms. The Hall–Kier alpha value is -2.71. The van der Waals surface area contributed by atoms with Crippen LogP contribution in [0.5, 0.6) is 11.5 Å². The third-order valence-corrected chi connectivity index (χ3v) is 10.4. The van der Waals surface area contributed by atoms with E-state index in [2.05, 4.69) is 5.32 Å². The van der Waals surface area contributed by atoms with Gasteiger partial charge in [-0.3, -0.25) is 4.79 Å². The summed E-state index contributed by atoms with van der Waals surface area (Å²) in [6.45, 7) is 1.55. The van der Waals surface area contributed by atoms with Crippen molar-refractivity contribution in [3.05, 3.63) is 42.5 Å². The van der Waals surface area contributed by atoms with E-state index >= 15 is 0 Å². The summed E-state index contributed by atoms with van der Waals surface area (Å²) in [4.78, 5) is 13.3. The number of amides is 1. The number of sulfonamides is 2. The molecule has 0 aromatic heterocycles. The Balaban J connectivity index is 1.43. The molecule has 0 radical (unpaired) electrons. The zero-order valence-corrected chi connectivity index (χ0v) is 22.4. The van der Waals surface area contributed by atoms with Gasteiger partial charge < -0.3 is 19.5 Å². The fourth-order valence-corrected chi connectivity index (χ4v) is 7.28. The van der Waals surface area contributed by atoms with Gasteiger partial charge in [-0.1, -0.05) is 0 Å². The van der Waals surface area contributed by atoms with Crippen LogP contribution in [0.2, 0.25) is 0 Å². The number of hydrogen-bond donors (Lipinski definition) is 1. The third kappa shape index (κ3) is 5.91. The second-order valence-corrected chi connectivity index (χ2v) is 12.6. The molecule has 1 N–H and O–H groups in total. The Kier molecular flexibility index (Phi) is 8.39. The molecule has 37 heavy (non-hydrogen) atoms. The second kappa shape index (κ2) is 11.4. The predicted molar refractivity (Wildman–Crippen MR) is 136 cm³/mol. The first-order chi connectivity index (χ1) is 17.7. The van der Waals surface area contributed by atoms with Crippen LogP contribution in [0.1, 0.15) is 12.8 Å². The Bertz CT molecular complexity index is 1320. The summed E-state index contributed by atoms with van der Waals surface area (Å²) < 4.78 is 70.5. The quantitative estimate of drug-likeness (QED) is 0.523. The van der Waals surface area contributed by atoms with Crippen molar-refractivity contribution in [3.8, 4) is 11.5 Å². The van der Waals surface area contributed by atoms with Gasteiger partial charge in [0, 0.05) is 32.1 Å². The Morgan fingerprint density at radius 1 is 0.838 bits per heavy atom. The van der Waals surface area contributed by atoms with Crippen molar-refractivity contribution in [1.82, 2.24) is 8.61 Å². The number of nitrogens with one attached hydrogen (secondary N) is 1. The van der Waals surface area contributed by atoms with Crippen LogP contribution < -0.4 is 14.8 Å². The fraction of sp³-hybridized carbons (Fsp3) is 0.458. The van der Waals surface area contributed by atoms with Gasteiger partial charge in [-0.2, -0.15) is 8.61 Å². The molecule has 0 aliphatic carbocycles. The molecule has 11 nitrogen and oxygen atoms in total. The zero-order chi connectivity index (χ0) is 26.6. The number of carbonyl (C=O) groups excluding carboxylic acids is 1. The van der Waals surface area contributed by atoms with Crippen LogP contribution >= 0.6 is 0 Å². The molecule has 202 valence electrons. The van der Waals surface area contributed by atoms with E-state index in [1.54, 1.807) is 12.1 Å². The van der Waals surface area contributed by atoms with Gasteiger partial charge >= 0.3 is 0 Å². The maximum absolute atomic E-state index is 13.1. The van der Waals surface area contributed by atoms with E-state index in [1.807, 2.05) is 0 Å². The summed E-state index contributed by atoms with van der Waals surface area (Å²) in [7, 11) is -4.51. The Labute approximate surface area is 217 Å². The molecule has 2 saturated heterocycles. The minimum atomic E-state index is -3.76. The van der Waals surface area contributed by atoms with Crippen molar-refractivity contribution in [3.63, 3.8) is 0 Å². The van der Waals surface area contributed by atoms with Gasteiger partial charge in [0.05, 0.1) is 42.9 Å². The highest BCUT2D eigenvalue weighted by molar-refractivity contribution is 7.89. The van der Waals surface area contributed by atoms with Crippen LogP contribution in [0, 0.1) is 5.92 Å². The van der Waals surface area contributed by atoms with Crippen molar-refractivity contribution in [2.24, 2.45) is 5.92 Å². The van der Waals surface area contributed by atoms with Crippen LogP contribution in [0.3, 0.4) is 0 Å². The molecule has 2 heterocycles. The molecule has 0 saturated carbocycles. The average molecular weight is 554 g/mol. The SMILES string of the molecule is COc1ccc(S(=O)(=O)N2CCC(C(=O)Nc3cc(S(=O)(=O)N4CCOCC4)ccc3OC)CC2)cc1. The highest BCUT2D eigenvalue weighted by atomic mass is 32.2. The summed E-state index contributed by atoms with van der Waals surface area (Å²) in [6, 6.07) is 10.5. The first kappa shape index (κ1) is 27.3. The number of benzene rings is 2.